The molecule has 1 aromatic carbocycles. The van der Waals surface area contributed by atoms with E-state index in [2.05, 4.69) is 51.2 Å². The molecule has 1 heterocycles. The van der Waals surface area contributed by atoms with E-state index in [1.165, 1.54) is 5.56 Å². The molecule has 1 aliphatic heterocycles. The molecule has 4 heteroatoms. The molecule has 0 bridgehead atoms. The van der Waals surface area contributed by atoms with Gasteiger partial charge in [0.25, 0.3) is 0 Å². The Balaban J connectivity index is 1.83. The number of alkyl halides is 1. The third kappa shape index (κ3) is 4.60. The van der Waals surface area contributed by atoms with Crippen molar-refractivity contribution in [3.8, 4) is 0 Å². The molecule has 2 N–H and O–H groups in total. The first kappa shape index (κ1) is 15.5. The smallest absolute Gasteiger partial charge is 0.217 e. The highest BCUT2D eigenvalue weighted by Gasteiger charge is 2.22. The fourth-order valence-electron chi connectivity index (χ4n) is 2.94. The van der Waals surface area contributed by atoms with Gasteiger partial charge in [0.2, 0.25) is 5.91 Å². The molecular formula is C16H23BrN2O. The number of piperidine rings is 1. The molecule has 110 valence electrons. The SMILES string of the molecule is NC(=O)CC1CCN(CC(CBr)c2ccccc2)CC1. The van der Waals surface area contributed by atoms with Crippen LogP contribution in [-0.2, 0) is 4.79 Å². The van der Waals surface area contributed by atoms with Gasteiger partial charge in [0.1, 0.15) is 0 Å². The molecule has 0 radical (unpaired) electrons. The third-order valence-corrected chi connectivity index (χ3v) is 4.91. The van der Waals surface area contributed by atoms with E-state index in [0.29, 0.717) is 18.3 Å². The largest absolute Gasteiger partial charge is 0.370 e. The van der Waals surface area contributed by atoms with E-state index in [1.54, 1.807) is 0 Å². The molecule has 0 saturated carbocycles. The molecule has 3 nitrogen and oxygen atoms in total. The van der Waals surface area contributed by atoms with Crippen LogP contribution in [0.15, 0.2) is 30.3 Å². The molecule has 1 atom stereocenters. The van der Waals surface area contributed by atoms with E-state index in [0.717, 1.165) is 37.8 Å². The van der Waals surface area contributed by atoms with Gasteiger partial charge in [0.05, 0.1) is 0 Å². The van der Waals surface area contributed by atoms with Gasteiger partial charge in [-0.3, -0.25) is 4.79 Å². The molecule has 1 saturated heterocycles. The number of rotatable bonds is 6. The molecule has 1 aromatic rings. The van der Waals surface area contributed by atoms with E-state index in [-0.39, 0.29) is 5.91 Å². The van der Waals surface area contributed by atoms with Gasteiger partial charge >= 0.3 is 0 Å². The fourth-order valence-corrected chi connectivity index (χ4v) is 3.52. The second-order valence-corrected chi connectivity index (χ2v) is 6.32. The maximum Gasteiger partial charge on any atom is 0.217 e. The Morgan fingerprint density at radius 2 is 1.95 bits per heavy atom. The Bertz CT molecular complexity index is 416. The summed E-state index contributed by atoms with van der Waals surface area (Å²) in [4.78, 5) is 13.5. The Kier molecular flexibility index (Phi) is 6.05. The fraction of sp³-hybridized carbons (Fsp3) is 0.562. The number of nitrogens with zero attached hydrogens (tertiary/aromatic N) is 1. The van der Waals surface area contributed by atoms with Gasteiger partial charge in [-0.1, -0.05) is 46.3 Å². The molecule has 1 unspecified atom stereocenters. The lowest BCUT2D eigenvalue weighted by Gasteiger charge is -2.33. The monoisotopic (exact) mass is 338 g/mol. The first-order valence-electron chi connectivity index (χ1n) is 7.30. The minimum atomic E-state index is -0.161. The van der Waals surface area contributed by atoms with E-state index in [9.17, 15) is 4.79 Å². The second kappa shape index (κ2) is 7.79. The maximum absolute atomic E-state index is 11.0. The molecule has 1 aliphatic rings. The summed E-state index contributed by atoms with van der Waals surface area (Å²) in [7, 11) is 0. The van der Waals surface area contributed by atoms with Crippen LogP contribution >= 0.6 is 15.9 Å². The molecule has 2 rings (SSSR count). The van der Waals surface area contributed by atoms with Crippen molar-refractivity contribution in [1.29, 1.82) is 0 Å². The summed E-state index contributed by atoms with van der Waals surface area (Å²) >= 11 is 3.64. The summed E-state index contributed by atoms with van der Waals surface area (Å²) in [5.74, 6) is 0.859. The number of nitrogens with two attached hydrogens (primary N) is 1. The van der Waals surface area contributed by atoms with Crippen molar-refractivity contribution in [2.45, 2.75) is 25.2 Å². The van der Waals surface area contributed by atoms with Crippen LogP contribution in [0.3, 0.4) is 0 Å². The van der Waals surface area contributed by atoms with Crippen molar-refractivity contribution in [2.24, 2.45) is 11.7 Å². The van der Waals surface area contributed by atoms with Crippen LogP contribution in [0.25, 0.3) is 0 Å². The molecule has 1 amide bonds. The van der Waals surface area contributed by atoms with Crippen molar-refractivity contribution in [3.63, 3.8) is 0 Å². The van der Waals surface area contributed by atoms with Gasteiger partial charge in [-0.2, -0.15) is 0 Å². The van der Waals surface area contributed by atoms with E-state index < -0.39 is 0 Å². The van der Waals surface area contributed by atoms with Crippen LogP contribution in [0, 0.1) is 5.92 Å². The van der Waals surface area contributed by atoms with Crippen LogP contribution in [0.4, 0.5) is 0 Å². The van der Waals surface area contributed by atoms with Crippen molar-refractivity contribution < 1.29 is 4.79 Å². The summed E-state index contributed by atoms with van der Waals surface area (Å²) in [5, 5.41) is 0.984. The van der Waals surface area contributed by atoms with Gasteiger partial charge in [-0.05, 0) is 37.4 Å². The highest BCUT2D eigenvalue weighted by molar-refractivity contribution is 9.09. The molecular weight excluding hydrogens is 316 g/mol. The van der Waals surface area contributed by atoms with Gasteiger partial charge in [0.15, 0.2) is 0 Å². The predicted molar refractivity (Wildman–Crippen MR) is 86.0 cm³/mol. The highest BCUT2D eigenvalue weighted by atomic mass is 79.9. The lowest BCUT2D eigenvalue weighted by Crippen LogP contribution is -2.37. The first-order valence-corrected chi connectivity index (χ1v) is 8.42. The van der Waals surface area contributed by atoms with Crippen molar-refractivity contribution in [3.05, 3.63) is 35.9 Å². The zero-order valence-electron chi connectivity index (χ0n) is 11.8. The summed E-state index contributed by atoms with van der Waals surface area (Å²) < 4.78 is 0. The number of hydrogen-bond donors (Lipinski definition) is 1. The lowest BCUT2D eigenvalue weighted by molar-refractivity contribution is -0.119. The summed E-state index contributed by atoms with van der Waals surface area (Å²) in [6.07, 6.45) is 2.73. The van der Waals surface area contributed by atoms with E-state index >= 15 is 0 Å². The predicted octanol–water partition coefficient (Wildman–Crippen LogP) is 2.75. The number of likely N-dealkylation sites (tertiary alicyclic amines) is 1. The summed E-state index contributed by atoms with van der Waals surface area (Å²) in [6, 6.07) is 10.7. The average Bonchev–Trinajstić information content (AvgIpc) is 2.47. The lowest BCUT2D eigenvalue weighted by atomic mass is 9.92. The molecule has 1 fully saturated rings. The Morgan fingerprint density at radius 1 is 1.30 bits per heavy atom. The number of hydrogen-bond acceptors (Lipinski definition) is 2. The zero-order valence-corrected chi connectivity index (χ0v) is 13.4. The van der Waals surface area contributed by atoms with Crippen LogP contribution in [-0.4, -0.2) is 35.8 Å². The Hall–Kier alpha value is -0.870. The van der Waals surface area contributed by atoms with Crippen LogP contribution in [0.1, 0.15) is 30.7 Å². The van der Waals surface area contributed by atoms with Crippen molar-refractivity contribution in [2.75, 3.05) is 25.0 Å². The maximum atomic E-state index is 11.0. The number of carbonyl (C=O) groups excluding carboxylic acids is 1. The quantitative estimate of drug-likeness (QED) is 0.810. The van der Waals surface area contributed by atoms with Gasteiger partial charge < -0.3 is 10.6 Å². The number of carbonyl (C=O) groups is 1. The van der Waals surface area contributed by atoms with Gasteiger partial charge in [-0.15, -0.1) is 0 Å². The zero-order chi connectivity index (χ0) is 14.4. The number of amides is 1. The topological polar surface area (TPSA) is 46.3 Å². The minimum Gasteiger partial charge on any atom is -0.370 e. The average molecular weight is 339 g/mol. The molecule has 0 aromatic heterocycles. The Labute approximate surface area is 129 Å². The van der Waals surface area contributed by atoms with E-state index in [4.69, 9.17) is 5.73 Å². The standard InChI is InChI=1S/C16H23BrN2O/c17-11-15(14-4-2-1-3-5-14)12-19-8-6-13(7-9-19)10-16(18)20/h1-5,13,15H,6-12H2,(H2,18,20). The summed E-state index contributed by atoms with van der Waals surface area (Å²) in [6.45, 7) is 3.24. The number of primary amides is 1. The van der Waals surface area contributed by atoms with Crippen LogP contribution < -0.4 is 5.73 Å². The highest BCUT2D eigenvalue weighted by Crippen LogP contribution is 2.24. The molecule has 0 spiro atoms. The molecule has 20 heavy (non-hydrogen) atoms. The van der Waals surface area contributed by atoms with Crippen molar-refractivity contribution >= 4 is 21.8 Å². The minimum absolute atomic E-state index is 0.161. The van der Waals surface area contributed by atoms with Crippen molar-refractivity contribution in [1.82, 2.24) is 4.90 Å². The number of benzene rings is 1. The normalized spacial score (nSPS) is 18.9. The van der Waals surface area contributed by atoms with E-state index in [1.807, 2.05) is 0 Å². The number of halogens is 1. The van der Waals surface area contributed by atoms with Gasteiger partial charge in [0, 0.05) is 24.2 Å². The van der Waals surface area contributed by atoms with Crippen LogP contribution in [0.5, 0.6) is 0 Å². The third-order valence-electron chi connectivity index (χ3n) is 4.13. The summed E-state index contributed by atoms with van der Waals surface area (Å²) in [5.41, 5.74) is 6.67. The Morgan fingerprint density at radius 3 is 2.50 bits per heavy atom. The van der Waals surface area contributed by atoms with Gasteiger partial charge in [-0.25, -0.2) is 0 Å². The van der Waals surface area contributed by atoms with Crippen LogP contribution in [0.2, 0.25) is 0 Å². The second-order valence-electron chi connectivity index (χ2n) is 5.68. The first-order chi connectivity index (χ1) is 9.69. The molecule has 0 aliphatic carbocycles.